The molecule has 3 aromatic rings. The van der Waals surface area contributed by atoms with Crippen LogP contribution in [-0.4, -0.2) is 31.1 Å². The van der Waals surface area contributed by atoms with Crippen molar-refractivity contribution in [3.8, 4) is 11.4 Å². The lowest BCUT2D eigenvalue weighted by Crippen LogP contribution is -2.32. The maximum Gasteiger partial charge on any atom is 0.261 e. The number of hydrogen-bond donors (Lipinski definition) is 3. The molecule has 0 saturated heterocycles. The third-order valence-corrected chi connectivity index (χ3v) is 6.77. The maximum absolute atomic E-state index is 13.1. The molecule has 1 aromatic heterocycles. The van der Waals surface area contributed by atoms with Gasteiger partial charge in [-0.15, -0.1) is 0 Å². The molecule has 0 bridgehead atoms. The van der Waals surface area contributed by atoms with Crippen LogP contribution in [0.25, 0.3) is 11.4 Å². The van der Waals surface area contributed by atoms with Crippen molar-refractivity contribution >= 4 is 27.3 Å². The average Bonchev–Trinajstić information content (AvgIpc) is 3.33. The largest absolute Gasteiger partial charge is 0.337 e. The average molecular weight is 504 g/mol. The number of nitrogens with two attached hydrogens (primary N) is 1. The minimum atomic E-state index is -3.92. The Labute approximate surface area is 204 Å². The van der Waals surface area contributed by atoms with Gasteiger partial charge in [0.05, 0.1) is 22.0 Å². The molecule has 1 atom stereocenters. The molecule has 0 spiro atoms. The van der Waals surface area contributed by atoms with Gasteiger partial charge in [-0.25, -0.2) is 12.8 Å². The van der Waals surface area contributed by atoms with Crippen LogP contribution < -0.4 is 15.8 Å². The number of nitrogens with one attached hydrogen (secondary N) is 2. The van der Waals surface area contributed by atoms with E-state index in [0.29, 0.717) is 23.0 Å². The van der Waals surface area contributed by atoms with Gasteiger partial charge >= 0.3 is 0 Å². The van der Waals surface area contributed by atoms with Crippen LogP contribution in [0.3, 0.4) is 0 Å². The van der Waals surface area contributed by atoms with Crippen molar-refractivity contribution in [3.05, 3.63) is 54.4 Å². The van der Waals surface area contributed by atoms with Gasteiger partial charge in [-0.1, -0.05) is 31.0 Å². The van der Waals surface area contributed by atoms with Crippen LogP contribution in [0.1, 0.15) is 52.0 Å². The van der Waals surface area contributed by atoms with E-state index >= 15 is 0 Å². The minimum Gasteiger partial charge on any atom is -0.337 e. The third-order valence-electron chi connectivity index (χ3n) is 5.37. The van der Waals surface area contributed by atoms with Gasteiger partial charge in [0.15, 0.2) is 0 Å². The Morgan fingerprint density at radius 1 is 1.17 bits per heavy atom. The van der Waals surface area contributed by atoms with Crippen LogP contribution in [0.15, 0.2) is 57.9 Å². The number of carbonyl (C=O) groups is 1. The summed E-state index contributed by atoms with van der Waals surface area (Å²) in [5.74, 6) is 0.156. The Kier molecular flexibility index (Phi) is 8.23. The summed E-state index contributed by atoms with van der Waals surface area (Å²) in [5.41, 5.74) is 6.05. The molecule has 1 heterocycles. The molecule has 0 aliphatic carbocycles. The number of unbranched alkanes of at least 4 members (excludes halogenated alkanes) is 1. The predicted molar refractivity (Wildman–Crippen MR) is 132 cm³/mol. The molecule has 0 fully saturated rings. The first-order valence-corrected chi connectivity index (χ1v) is 12.7. The smallest absolute Gasteiger partial charge is 0.261 e. The van der Waals surface area contributed by atoms with Gasteiger partial charge in [0, 0.05) is 11.3 Å². The van der Waals surface area contributed by atoms with E-state index in [2.05, 4.69) is 27.1 Å². The van der Waals surface area contributed by atoms with Gasteiger partial charge in [0.2, 0.25) is 17.6 Å². The first-order chi connectivity index (χ1) is 16.6. The first kappa shape index (κ1) is 26.3. The summed E-state index contributed by atoms with van der Waals surface area (Å²) in [6.07, 6.45) is 2.69. The van der Waals surface area contributed by atoms with E-state index in [1.54, 1.807) is 30.3 Å². The SMILES string of the molecule is CCCC[C@H](N)c1nc(-c2ccc(S(=O)(=O)Nc3cccc(NC(=O)C(C)(C)CF)c3)cc2)no1. The number of rotatable bonds is 11. The van der Waals surface area contributed by atoms with Crippen LogP contribution in [0.5, 0.6) is 0 Å². The molecule has 35 heavy (non-hydrogen) atoms. The zero-order chi connectivity index (χ0) is 25.6. The summed E-state index contributed by atoms with van der Waals surface area (Å²) in [6.45, 7) is 4.21. The Balaban J connectivity index is 1.71. The number of halogens is 1. The lowest BCUT2D eigenvalue weighted by atomic mass is 9.94. The summed E-state index contributed by atoms with van der Waals surface area (Å²) < 4.78 is 46.5. The van der Waals surface area contributed by atoms with E-state index in [4.69, 9.17) is 10.3 Å². The fourth-order valence-electron chi connectivity index (χ4n) is 3.07. The Morgan fingerprint density at radius 2 is 1.86 bits per heavy atom. The molecule has 3 rings (SSSR count). The number of anilines is 2. The van der Waals surface area contributed by atoms with E-state index in [9.17, 15) is 17.6 Å². The molecular weight excluding hydrogens is 473 g/mol. The highest BCUT2D eigenvalue weighted by molar-refractivity contribution is 7.92. The molecule has 9 nitrogen and oxygen atoms in total. The molecule has 4 N–H and O–H groups in total. The first-order valence-electron chi connectivity index (χ1n) is 11.3. The van der Waals surface area contributed by atoms with Crippen molar-refractivity contribution < 1.29 is 22.1 Å². The Morgan fingerprint density at radius 3 is 2.51 bits per heavy atom. The highest BCUT2D eigenvalue weighted by Gasteiger charge is 2.27. The molecule has 0 unspecified atom stereocenters. The van der Waals surface area contributed by atoms with Gasteiger partial charge in [-0.2, -0.15) is 4.98 Å². The van der Waals surface area contributed by atoms with Crippen LogP contribution in [0.2, 0.25) is 0 Å². The molecule has 0 aliphatic rings. The van der Waals surface area contributed by atoms with Crippen molar-refractivity contribution in [3.63, 3.8) is 0 Å². The lowest BCUT2D eigenvalue weighted by Gasteiger charge is -2.19. The molecule has 0 radical (unpaired) electrons. The molecular formula is C24H30FN5O4S. The zero-order valence-electron chi connectivity index (χ0n) is 19.9. The van der Waals surface area contributed by atoms with Gasteiger partial charge in [0.1, 0.15) is 6.67 Å². The normalized spacial score (nSPS) is 12.8. The standard InChI is InChI=1S/C24H30FN5O4S/c1-4-5-9-20(26)22-28-21(29-34-22)16-10-12-19(13-11-16)35(32,33)30-18-8-6-7-17(14-18)27-23(31)24(2,3)15-25/h6-8,10-14,20,30H,4-5,9,15,26H2,1-3H3,(H,27,31)/t20-/m0/s1. The van der Waals surface area contributed by atoms with Crippen LogP contribution in [0, 0.1) is 5.41 Å². The monoisotopic (exact) mass is 503 g/mol. The van der Waals surface area contributed by atoms with E-state index < -0.39 is 28.0 Å². The van der Waals surface area contributed by atoms with Crippen molar-refractivity contribution in [2.24, 2.45) is 11.1 Å². The number of aromatic nitrogens is 2. The van der Waals surface area contributed by atoms with Crippen molar-refractivity contribution in [2.45, 2.75) is 51.0 Å². The number of alkyl halides is 1. The quantitative estimate of drug-likeness (QED) is 0.346. The number of hydrogen-bond acceptors (Lipinski definition) is 7. The number of amides is 1. The van der Waals surface area contributed by atoms with Gasteiger partial charge in [-0.3, -0.25) is 9.52 Å². The summed E-state index contributed by atoms with van der Waals surface area (Å²) in [7, 11) is -3.92. The van der Waals surface area contributed by atoms with Crippen LogP contribution >= 0.6 is 0 Å². The van der Waals surface area contributed by atoms with Gasteiger partial charge in [0.25, 0.3) is 10.0 Å². The van der Waals surface area contributed by atoms with Gasteiger partial charge in [-0.05, 0) is 62.7 Å². The summed E-state index contributed by atoms with van der Waals surface area (Å²) in [5, 5.41) is 6.54. The molecule has 1 amide bonds. The highest BCUT2D eigenvalue weighted by atomic mass is 32.2. The second kappa shape index (κ2) is 11.0. The van der Waals surface area contributed by atoms with E-state index in [1.165, 1.54) is 32.0 Å². The van der Waals surface area contributed by atoms with Gasteiger partial charge < -0.3 is 15.6 Å². The van der Waals surface area contributed by atoms with Crippen molar-refractivity contribution in [1.82, 2.24) is 10.1 Å². The summed E-state index contributed by atoms with van der Waals surface area (Å²) >= 11 is 0. The van der Waals surface area contributed by atoms with E-state index in [-0.39, 0.29) is 16.6 Å². The summed E-state index contributed by atoms with van der Waals surface area (Å²) in [4.78, 5) is 16.6. The fourth-order valence-corrected chi connectivity index (χ4v) is 4.12. The second-order valence-corrected chi connectivity index (χ2v) is 10.6. The molecule has 0 saturated carbocycles. The number of sulfonamides is 1. The lowest BCUT2D eigenvalue weighted by molar-refractivity contribution is -0.124. The highest BCUT2D eigenvalue weighted by Crippen LogP contribution is 2.25. The van der Waals surface area contributed by atoms with E-state index in [1.807, 2.05) is 0 Å². The number of carbonyl (C=O) groups excluding carboxylic acids is 1. The zero-order valence-corrected chi connectivity index (χ0v) is 20.7. The summed E-state index contributed by atoms with van der Waals surface area (Å²) in [6, 6.07) is 11.9. The van der Waals surface area contributed by atoms with Crippen LogP contribution in [0.4, 0.5) is 15.8 Å². The predicted octanol–water partition coefficient (Wildman–Crippen LogP) is 4.66. The molecule has 11 heteroatoms. The molecule has 2 aromatic carbocycles. The Bertz CT molecular complexity index is 1260. The maximum atomic E-state index is 13.1. The molecule has 188 valence electrons. The topological polar surface area (TPSA) is 140 Å². The third kappa shape index (κ3) is 6.64. The minimum absolute atomic E-state index is 0.0256. The number of benzene rings is 2. The van der Waals surface area contributed by atoms with Crippen molar-refractivity contribution in [2.75, 3.05) is 16.7 Å². The second-order valence-electron chi connectivity index (χ2n) is 8.89. The van der Waals surface area contributed by atoms with Crippen LogP contribution in [-0.2, 0) is 14.8 Å². The molecule has 0 aliphatic heterocycles. The Hall–Kier alpha value is -3.31. The van der Waals surface area contributed by atoms with Crippen molar-refractivity contribution in [1.29, 1.82) is 0 Å². The van der Waals surface area contributed by atoms with E-state index in [0.717, 1.165) is 19.3 Å². The fraction of sp³-hybridized carbons (Fsp3) is 0.375. The number of nitrogens with zero attached hydrogens (tertiary/aromatic N) is 2.